The van der Waals surface area contributed by atoms with E-state index in [2.05, 4.69) is 17.1 Å². The number of carbonyl (C=O) groups is 2. The molecule has 0 unspecified atom stereocenters. The molecule has 2 heterocycles. The average Bonchev–Trinajstić information content (AvgIpc) is 3.56. The molecule has 1 N–H and O–H groups in total. The summed E-state index contributed by atoms with van der Waals surface area (Å²) in [5, 5.41) is 21.3. The molecule has 42 heavy (non-hydrogen) atoms. The van der Waals surface area contributed by atoms with Crippen molar-refractivity contribution < 1.29 is 19.4 Å². The number of aliphatic hydroxyl groups is 1. The number of thioether (sulfide) groups is 1. The van der Waals surface area contributed by atoms with E-state index in [1.54, 1.807) is 42.5 Å². The molecule has 0 bridgehead atoms. The van der Waals surface area contributed by atoms with Gasteiger partial charge in [-0.05, 0) is 60.0 Å². The third-order valence-electron chi connectivity index (χ3n) is 6.51. The van der Waals surface area contributed by atoms with Gasteiger partial charge in [-0.15, -0.1) is 10.2 Å². The van der Waals surface area contributed by atoms with Crippen molar-refractivity contribution >= 4 is 80.5 Å². The van der Waals surface area contributed by atoms with E-state index in [0.29, 0.717) is 43.6 Å². The SMILES string of the molecule is CCCCOc1ccc(C(O)=C2C(=O)C(=O)N(c3nnc(SCc4ccccc4Cl)s3)[C@@H]2c2ccc(Cl)c(Cl)c2)cc1. The van der Waals surface area contributed by atoms with Gasteiger partial charge in [0.2, 0.25) is 5.13 Å². The zero-order valence-electron chi connectivity index (χ0n) is 22.2. The van der Waals surface area contributed by atoms with Crippen molar-refractivity contribution in [1.29, 1.82) is 0 Å². The van der Waals surface area contributed by atoms with E-state index >= 15 is 0 Å². The summed E-state index contributed by atoms with van der Waals surface area (Å²) in [6, 6.07) is 18.0. The van der Waals surface area contributed by atoms with Gasteiger partial charge in [0, 0.05) is 16.3 Å². The van der Waals surface area contributed by atoms with Crippen molar-refractivity contribution in [3.05, 3.63) is 104 Å². The summed E-state index contributed by atoms with van der Waals surface area (Å²) in [4.78, 5) is 28.2. The minimum atomic E-state index is -1.02. The van der Waals surface area contributed by atoms with Crippen molar-refractivity contribution in [2.75, 3.05) is 11.5 Å². The number of ether oxygens (including phenoxy) is 1. The molecule has 1 aromatic heterocycles. The minimum Gasteiger partial charge on any atom is -0.507 e. The molecule has 0 saturated carbocycles. The molecule has 0 radical (unpaired) electrons. The normalized spacial score (nSPS) is 16.3. The van der Waals surface area contributed by atoms with Gasteiger partial charge in [0.1, 0.15) is 11.5 Å². The maximum Gasteiger partial charge on any atom is 0.301 e. The minimum absolute atomic E-state index is 0.0986. The topological polar surface area (TPSA) is 92.6 Å². The monoisotopic (exact) mass is 659 g/mol. The van der Waals surface area contributed by atoms with Gasteiger partial charge in [-0.25, -0.2) is 0 Å². The number of carbonyl (C=O) groups excluding carboxylic acids is 2. The van der Waals surface area contributed by atoms with E-state index < -0.39 is 17.7 Å². The second-order valence-corrected chi connectivity index (χ2v) is 12.7. The molecule has 1 saturated heterocycles. The number of aliphatic hydroxyl groups excluding tert-OH is 1. The van der Waals surface area contributed by atoms with E-state index in [1.807, 2.05) is 24.3 Å². The van der Waals surface area contributed by atoms with Crippen LogP contribution in [0.5, 0.6) is 5.75 Å². The van der Waals surface area contributed by atoms with E-state index in [9.17, 15) is 14.7 Å². The first-order valence-corrected chi connectivity index (χ1v) is 15.9. The van der Waals surface area contributed by atoms with Gasteiger partial charge in [-0.2, -0.15) is 0 Å². The van der Waals surface area contributed by atoms with Crippen molar-refractivity contribution in [3.63, 3.8) is 0 Å². The lowest BCUT2D eigenvalue weighted by atomic mass is 9.95. The van der Waals surface area contributed by atoms with Crippen LogP contribution in [-0.4, -0.2) is 33.6 Å². The highest BCUT2D eigenvalue weighted by Gasteiger charge is 2.48. The van der Waals surface area contributed by atoms with Gasteiger partial charge in [0.15, 0.2) is 4.34 Å². The Labute approximate surface area is 266 Å². The molecule has 5 rings (SSSR count). The van der Waals surface area contributed by atoms with Gasteiger partial charge < -0.3 is 9.84 Å². The average molecular weight is 661 g/mol. The lowest BCUT2D eigenvalue weighted by Gasteiger charge is -2.23. The fourth-order valence-corrected chi connectivity index (χ4v) is 6.80. The predicted molar refractivity (Wildman–Crippen MR) is 169 cm³/mol. The third kappa shape index (κ3) is 6.45. The first-order chi connectivity index (χ1) is 20.3. The predicted octanol–water partition coefficient (Wildman–Crippen LogP) is 8.60. The van der Waals surface area contributed by atoms with Crippen LogP contribution in [0, 0.1) is 0 Å². The highest BCUT2D eigenvalue weighted by atomic mass is 35.5. The second kappa shape index (κ2) is 13.5. The number of rotatable bonds is 10. The Morgan fingerprint density at radius 1 is 1.00 bits per heavy atom. The standard InChI is InChI=1S/C30H24Cl3N3O4S2/c1-2-3-14-40-20-11-8-17(9-12-20)26(37)24-25(18-10-13-22(32)23(33)15-18)36(28(39)27(24)38)29-34-35-30(42-29)41-16-19-6-4-5-7-21(19)31/h4-13,15,25,37H,2-3,14,16H2,1H3/t25-/m1/s1. The second-order valence-electron chi connectivity index (χ2n) is 9.30. The van der Waals surface area contributed by atoms with E-state index in [1.165, 1.54) is 16.7 Å². The Bertz CT molecular complexity index is 1660. The van der Waals surface area contributed by atoms with Crippen molar-refractivity contribution in [2.45, 2.75) is 35.9 Å². The number of anilines is 1. The molecule has 0 aliphatic carbocycles. The van der Waals surface area contributed by atoms with Crippen LogP contribution >= 0.6 is 57.9 Å². The molecular formula is C30H24Cl3N3O4S2. The number of unbranched alkanes of at least 4 members (excludes halogenated alkanes) is 1. The summed E-state index contributed by atoms with van der Waals surface area (Å²) in [5.74, 6) is -0.845. The lowest BCUT2D eigenvalue weighted by Crippen LogP contribution is -2.29. The molecule has 0 spiro atoms. The van der Waals surface area contributed by atoms with Gasteiger partial charge in [0.25, 0.3) is 5.78 Å². The number of benzene rings is 3. The van der Waals surface area contributed by atoms with Crippen LogP contribution in [0.1, 0.15) is 42.5 Å². The zero-order valence-corrected chi connectivity index (χ0v) is 26.1. The smallest absolute Gasteiger partial charge is 0.301 e. The molecule has 3 aromatic carbocycles. The largest absolute Gasteiger partial charge is 0.507 e. The number of halogens is 3. The molecule has 1 amide bonds. The molecule has 216 valence electrons. The molecule has 1 aliphatic rings. The number of hydrogen-bond acceptors (Lipinski definition) is 8. The number of nitrogens with zero attached hydrogens (tertiary/aromatic N) is 3. The van der Waals surface area contributed by atoms with Crippen LogP contribution < -0.4 is 9.64 Å². The number of ketones is 1. The first-order valence-electron chi connectivity index (χ1n) is 13.0. The van der Waals surface area contributed by atoms with E-state index in [4.69, 9.17) is 39.5 Å². The van der Waals surface area contributed by atoms with Gasteiger partial charge >= 0.3 is 5.91 Å². The molecule has 1 atom stereocenters. The van der Waals surface area contributed by atoms with E-state index in [-0.39, 0.29) is 21.5 Å². The maximum absolute atomic E-state index is 13.5. The quantitative estimate of drug-likeness (QED) is 0.0455. The van der Waals surface area contributed by atoms with Crippen LogP contribution in [0.25, 0.3) is 5.76 Å². The summed E-state index contributed by atoms with van der Waals surface area (Å²) >= 11 is 21.4. The summed E-state index contributed by atoms with van der Waals surface area (Å²) in [5.41, 5.74) is 1.66. The van der Waals surface area contributed by atoms with Crippen molar-refractivity contribution in [2.24, 2.45) is 0 Å². The van der Waals surface area contributed by atoms with Crippen LogP contribution in [0.3, 0.4) is 0 Å². The highest BCUT2D eigenvalue weighted by molar-refractivity contribution is 8.00. The first kappa shape index (κ1) is 30.4. The Kier molecular flexibility index (Phi) is 9.75. The van der Waals surface area contributed by atoms with E-state index in [0.717, 1.165) is 29.7 Å². The molecule has 12 heteroatoms. The Hall–Kier alpha value is -3.08. The lowest BCUT2D eigenvalue weighted by molar-refractivity contribution is -0.132. The van der Waals surface area contributed by atoms with Gasteiger partial charge in [0.05, 0.1) is 28.3 Å². The zero-order chi connectivity index (χ0) is 29.8. The number of amides is 1. The fourth-order valence-electron chi connectivity index (χ4n) is 4.34. The van der Waals surface area contributed by atoms with Gasteiger partial charge in [-0.3, -0.25) is 14.5 Å². The summed E-state index contributed by atoms with van der Waals surface area (Å²) in [6.07, 6.45) is 1.92. The summed E-state index contributed by atoms with van der Waals surface area (Å²) in [7, 11) is 0. The third-order valence-corrected chi connectivity index (χ3v) is 9.72. The Balaban J connectivity index is 1.51. The number of aromatic nitrogens is 2. The van der Waals surface area contributed by atoms with Crippen LogP contribution in [0.15, 0.2) is 76.6 Å². The Morgan fingerprint density at radius 3 is 2.48 bits per heavy atom. The van der Waals surface area contributed by atoms with Crippen LogP contribution in [0.2, 0.25) is 15.1 Å². The van der Waals surface area contributed by atoms with Crippen LogP contribution in [0.4, 0.5) is 5.13 Å². The van der Waals surface area contributed by atoms with Crippen molar-refractivity contribution in [3.8, 4) is 5.75 Å². The molecule has 1 fully saturated rings. The summed E-state index contributed by atoms with van der Waals surface area (Å²) < 4.78 is 6.30. The Morgan fingerprint density at radius 2 is 1.76 bits per heavy atom. The molecular weight excluding hydrogens is 637 g/mol. The van der Waals surface area contributed by atoms with Gasteiger partial charge in [-0.1, -0.05) is 95.5 Å². The maximum atomic E-state index is 13.5. The molecule has 4 aromatic rings. The number of Topliss-reactive ketones (excluding diaryl/α,β-unsaturated/α-hetero) is 1. The highest BCUT2D eigenvalue weighted by Crippen LogP contribution is 2.45. The van der Waals surface area contributed by atoms with Crippen LogP contribution in [-0.2, 0) is 15.3 Å². The number of hydrogen-bond donors (Lipinski definition) is 1. The molecule has 1 aliphatic heterocycles. The molecule has 7 nitrogen and oxygen atoms in total. The fraction of sp³-hybridized carbons (Fsp3) is 0.200. The summed E-state index contributed by atoms with van der Waals surface area (Å²) in [6.45, 7) is 2.65. The van der Waals surface area contributed by atoms with Crippen molar-refractivity contribution in [1.82, 2.24) is 10.2 Å².